The number of carboxylic acids is 2. The van der Waals surface area contributed by atoms with Crippen LogP contribution in [0, 0.1) is 17.3 Å². The summed E-state index contributed by atoms with van der Waals surface area (Å²) in [6.45, 7) is 1.35. The van der Waals surface area contributed by atoms with Crippen molar-refractivity contribution in [1.29, 1.82) is 0 Å². The van der Waals surface area contributed by atoms with Gasteiger partial charge in [-0.3, -0.25) is 9.59 Å². The molecule has 21 heavy (non-hydrogen) atoms. The van der Waals surface area contributed by atoms with E-state index in [2.05, 4.69) is 0 Å². The smallest absolute Gasteiger partial charge is 0.307 e. The molecule has 0 amide bonds. The van der Waals surface area contributed by atoms with Crippen LogP contribution in [0.5, 0.6) is 0 Å². The first kappa shape index (κ1) is 19.8. The molecule has 1 saturated carbocycles. The maximum absolute atomic E-state index is 10.6. The number of aliphatic hydroxyl groups excluding tert-OH is 3. The highest BCUT2D eigenvalue weighted by atomic mass is 16.4. The van der Waals surface area contributed by atoms with Crippen LogP contribution in [0.1, 0.15) is 39.0 Å². The van der Waals surface area contributed by atoms with E-state index >= 15 is 0 Å². The predicted molar refractivity (Wildman–Crippen MR) is 74.7 cm³/mol. The molecule has 0 spiro atoms. The monoisotopic (exact) mass is 306 g/mol. The lowest BCUT2D eigenvalue weighted by Gasteiger charge is -2.24. The van der Waals surface area contributed by atoms with E-state index in [9.17, 15) is 9.59 Å². The molecule has 0 aromatic heterocycles. The SMILES string of the molecule is CCC(CO)(CO)CO.O=C(O)C1CCCCC1C(=O)O. The van der Waals surface area contributed by atoms with Crippen LogP contribution in [0.15, 0.2) is 0 Å². The van der Waals surface area contributed by atoms with Gasteiger partial charge in [-0.15, -0.1) is 0 Å². The minimum Gasteiger partial charge on any atom is -0.481 e. The molecule has 2 unspecified atom stereocenters. The van der Waals surface area contributed by atoms with Crippen molar-refractivity contribution in [2.75, 3.05) is 19.8 Å². The number of aliphatic hydroxyl groups is 3. The van der Waals surface area contributed by atoms with Gasteiger partial charge in [-0.25, -0.2) is 0 Å². The fraction of sp³-hybridized carbons (Fsp3) is 0.857. The third-order valence-corrected chi connectivity index (χ3v) is 4.16. The minimum absolute atomic E-state index is 0.156. The van der Waals surface area contributed by atoms with Gasteiger partial charge >= 0.3 is 11.9 Å². The van der Waals surface area contributed by atoms with Crippen molar-refractivity contribution in [3.63, 3.8) is 0 Å². The fourth-order valence-corrected chi connectivity index (χ4v) is 2.21. The Bertz CT molecular complexity index is 286. The van der Waals surface area contributed by atoms with Crippen LogP contribution in [-0.2, 0) is 9.59 Å². The minimum atomic E-state index is -0.970. The molecule has 0 aliphatic heterocycles. The van der Waals surface area contributed by atoms with Crippen molar-refractivity contribution in [2.45, 2.75) is 39.0 Å². The van der Waals surface area contributed by atoms with E-state index in [0.717, 1.165) is 12.8 Å². The molecule has 1 aliphatic rings. The van der Waals surface area contributed by atoms with Gasteiger partial charge in [0.15, 0.2) is 0 Å². The third kappa shape index (κ3) is 5.99. The van der Waals surface area contributed by atoms with Crippen LogP contribution in [0.2, 0.25) is 0 Å². The second kappa shape index (κ2) is 9.70. The molecule has 0 heterocycles. The summed E-state index contributed by atoms with van der Waals surface area (Å²) in [6, 6.07) is 0. The predicted octanol–water partition coefficient (Wildman–Crippen LogP) is 0.322. The van der Waals surface area contributed by atoms with E-state index < -0.39 is 29.2 Å². The Hall–Kier alpha value is -1.18. The normalized spacial score (nSPS) is 22.1. The Kier molecular flexibility index (Phi) is 9.16. The highest BCUT2D eigenvalue weighted by Crippen LogP contribution is 2.30. The quantitative estimate of drug-likeness (QED) is 0.477. The van der Waals surface area contributed by atoms with Gasteiger partial charge < -0.3 is 25.5 Å². The average Bonchev–Trinajstić information content (AvgIpc) is 2.50. The molecule has 0 radical (unpaired) electrons. The van der Waals surface area contributed by atoms with Gasteiger partial charge in [0.05, 0.1) is 31.7 Å². The zero-order valence-electron chi connectivity index (χ0n) is 12.4. The Labute approximate surface area is 124 Å². The summed E-state index contributed by atoms with van der Waals surface area (Å²) in [5, 5.41) is 43.4. The lowest BCUT2D eigenvalue weighted by molar-refractivity contribution is -0.155. The summed E-state index contributed by atoms with van der Waals surface area (Å²) in [7, 11) is 0. The molecular formula is C14H26O7. The van der Waals surface area contributed by atoms with Gasteiger partial charge in [0.25, 0.3) is 0 Å². The average molecular weight is 306 g/mol. The molecule has 1 rings (SSSR count). The van der Waals surface area contributed by atoms with Crippen LogP contribution in [0.4, 0.5) is 0 Å². The van der Waals surface area contributed by atoms with Crippen LogP contribution in [0.25, 0.3) is 0 Å². The largest absolute Gasteiger partial charge is 0.481 e. The highest BCUT2D eigenvalue weighted by molar-refractivity contribution is 5.80. The van der Waals surface area contributed by atoms with Crippen molar-refractivity contribution in [3.05, 3.63) is 0 Å². The van der Waals surface area contributed by atoms with Gasteiger partial charge in [-0.2, -0.15) is 0 Å². The summed E-state index contributed by atoms with van der Waals surface area (Å²) in [5.74, 6) is -3.28. The molecule has 5 N–H and O–H groups in total. The molecule has 0 aromatic carbocycles. The zero-order chi connectivity index (χ0) is 16.5. The lowest BCUT2D eigenvalue weighted by Crippen LogP contribution is -2.32. The molecule has 0 aromatic rings. The summed E-state index contributed by atoms with van der Waals surface area (Å²) < 4.78 is 0. The van der Waals surface area contributed by atoms with E-state index in [1.54, 1.807) is 0 Å². The first-order valence-electron chi connectivity index (χ1n) is 7.15. The second-order valence-electron chi connectivity index (χ2n) is 5.50. The van der Waals surface area contributed by atoms with Gasteiger partial charge in [0, 0.05) is 5.41 Å². The number of carboxylic acid groups (broad SMARTS) is 2. The molecule has 2 atom stereocenters. The van der Waals surface area contributed by atoms with Crippen LogP contribution < -0.4 is 0 Å². The van der Waals surface area contributed by atoms with E-state index in [1.165, 1.54) is 0 Å². The first-order valence-corrected chi connectivity index (χ1v) is 7.15. The topological polar surface area (TPSA) is 135 Å². The standard InChI is InChI=1S/C8H12O4.C6H14O3/c9-7(10)5-3-1-2-4-6(5)8(11)12;1-2-6(3-7,4-8)5-9/h5-6H,1-4H2,(H,9,10)(H,11,12);7-9H,2-5H2,1H3. The van der Waals surface area contributed by atoms with Crippen molar-refractivity contribution in [1.82, 2.24) is 0 Å². The summed E-state index contributed by atoms with van der Waals surface area (Å²) >= 11 is 0. The van der Waals surface area contributed by atoms with Crippen molar-refractivity contribution in [3.8, 4) is 0 Å². The van der Waals surface area contributed by atoms with Crippen molar-refractivity contribution in [2.24, 2.45) is 17.3 Å². The Morgan fingerprint density at radius 2 is 1.24 bits per heavy atom. The summed E-state index contributed by atoms with van der Waals surface area (Å²) in [5.41, 5.74) is -0.667. The van der Waals surface area contributed by atoms with Crippen LogP contribution >= 0.6 is 0 Å². The molecule has 7 nitrogen and oxygen atoms in total. The number of hydrogen-bond donors (Lipinski definition) is 5. The maximum Gasteiger partial charge on any atom is 0.307 e. The van der Waals surface area contributed by atoms with E-state index in [1.807, 2.05) is 6.92 Å². The van der Waals surface area contributed by atoms with E-state index in [-0.39, 0.29) is 19.8 Å². The molecule has 7 heteroatoms. The first-order chi connectivity index (χ1) is 9.87. The molecule has 124 valence electrons. The van der Waals surface area contributed by atoms with Gasteiger partial charge in [0.2, 0.25) is 0 Å². The summed E-state index contributed by atoms with van der Waals surface area (Å²) in [6.07, 6.45) is 3.27. The summed E-state index contributed by atoms with van der Waals surface area (Å²) in [4.78, 5) is 21.2. The van der Waals surface area contributed by atoms with Crippen molar-refractivity contribution < 1.29 is 35.1 Å². The maximum atomic E-state index is 10.6. The fourth-order valence-electron chi connectivity index (χ4n) is 2.21. The Morgan fingerprint density at radius 3 is 1.38 bits per heavy atom. The Morgan fingerprint density at radius 1 is 0.905 bits per heavy atom. The lowest BCUT2D eigenvalue weighted by atomic mass is 9.79. The van der Waals surface area contributed by atoms with Gasteiger partial charge in [-0.05, 0) is 19.3 Å². The Balaban J connectivity index is 0.000000400. The molecule has 1 fully saturated rings. The van der Waals surface area contributed by atoms with Crippen molar-refractivity contribution >= 4 is 11.9 Å². The second-order valence-corrected chi connectivity index (χ2v) is 5.50. The van der Waals surface area contributed by atoms with Crippen LogP contribution in [0.3, 0.4) is 0 Å². The van der Waals surface area contributed by atoms with E-state index in [4.69, 9.17) is 25.5 Å². The molecule has 1 aliphatic carbocycles. The zero-order valence-corrected chi connectivity index (χ0v) is 12.4. The number of carbonyl (C=O) groups is 2. The van der Waals surface area contributed by atoms with Gasteiger partial charge in [0.1, 0.15) is 0 Å². The van der Waals surface area contributed by atoms with E-state index in [0.29, 0.717) is 19.3 Å². The molecular weight excluding hydrogens is 280 g/mol. The number of rotatable bonds is 6. The molecule has 0 bridgehead atoms. The van der Waals surface area contributed by atoms with Crippen LogP contribution in [-0.4, -0.2) is 57.3 Å². The number of hydrogen-bond acceptors (Lipinski definition) is 5. The highest BCUT2D eigenvalue weighted by Gasteiger charge is 2.35. The number of aliphatic carboxylic acids is 2. The third-order valence-electron chi connectivity index (χ3n) is 4.16. The van der Waals surface area contributed by atoms with Gasteiger partial charge in [-0.1, -0.05) is 19.8 Å². The molecule has 0 saturated heterocycles.